The molecule has 0 aliphatic rings. The maximum atomic E-state index is 8.63. The van der Waals surface area contributed by atoms with Crippen molar-refractivity contribution in [3.8, 4) is 0 Å². The number of aliphatic hydroxyl groups is 2. The van der Waals surface area contributed by atoms with Gasteiger partial charge in [0.25, 0.3) is 0 Å². The van der Waals surface area contributed by atoms with Crippen LogP contribution in [0.1, 0.15) is 16.7 Å². The molecule has 0 aromatic heterocycles. The van der Waals surface area contributed by atoms with Crippen molar-refractivity contribution in [2.75, 3.05) is 5.73 Å². The Balaban J connectivity index is 0.000000180. The number of hydrogen-bond donors (Lipinski definition) is 3. The van der Waals surface area contributed by atoms with Crippen molar-refractivity contribution in [3.05, 3.63) is 65.2 Å². The molecule has 3 nitrogen and oxygen atoms in total. The van der Waals surface area contributed by atoms with Crippen LogP contribution in [-0.2, 0) is 13.2 Å². The fourth-order valence-electron chi connectivity index (χ4n) is 1.32. The summed E-state index contributed by atoms with van der Waals surface area (Å²) in [4.78, 5) is 0. The molecule has 0 atom stereocenters. The Hall–Kier alpha value is -1.84. The van der Waals surface area contributed by atoms with Crippen LogP contribution in [0.3, 0.4) is 0 Å². The molecule has 96 valence electrons. The first-order chi connectivity index (χ1) is 8.65. The SMILES string of the molecule is Cc1ccc(CO)cc1.Nc1ccc(CO)cc1. The van der Waals surface area contributed by atoms with Crippen LogP contribution in [0, 0.1) is 6.92 Å². The van der Waals surface area contributed by atoms with Crippen molar-refractivity contribution >= 4 is 5.69 Å². The predicted octanol–water partition coefficient (Wildman–Crippen LogP) is 2.25. The van der Waals surface area contributed by atoms with Gasteiger partial charge in [-0.05, 0) is 30.2 Å². The fraction of sp³-hybridized carbons (Fsp3) is 0.200. The second-order valence-electron chi connectivity index (χ2n) is 4.04. The Bertz CT molecular complexity index is 403. The molecule has 0 aliphatic carbocycles. The molecular weight excluding hydrogens is 226 g/mol. The van der Waals surface area contributed by atoms with E-state index in [1.165, 1.54) is 5.56 Å². The molecule has 0 fully saturated rings. The lowest BCUT2D eigenvalue weighted by Gasteiger charge is -1.94. The van der Waals surface area contributed by atoms with Crippen LogP contribution < -0.4 is 5.73 Å². The Kier molecular flexibility index (Phi) is 5.91. The van der Waals surface area contributed by atoms with E-state index in [0.29, 0.717) is 0 Å². The maximum absolute atomic E-state index is 8.63. The highest BCUT2D eigenvalue weighted by atomic mass is 16.3. The minimum atomic E-state index is 0.0836. The van der Waals surface area contributed by atoms with Crippen molar-refractivity contribution in [1.82, 2.24) is 0 Å². The van der Waals surface area contributed by atoms with E-state index in [-0.39, 0.29) is 13.2 Å². The van der Waals surface area contributed by atoms with E-state index < -0.39 is 0 Å². The Morgan fingerprint density at radius 3 is 1.56 bits per heavy atom. The number of aryl methyl sites for hydroxylation is 1. The predicted molar refractivity (Wildman–Crippen MR) is 73.9 cm³/mol. The van der Waals surface area contributed by atoms with Crippen LogP contribution in [0.25, 0.3) is 0 Å². The van der Waals surface area contributed by atoms with Crippen molar-refractivity contribution in [1.29, 1.82) is 0 Å². The van der Waals surface area contributed by atoms with Gasteiger partial charge in [0.15, 0.2) is 0 Å². The second kappa shape index (κ2) is 7.48. The standard InChI is InChI=1S/C8H10O.C7H9NO/c1-7-2-4-8(6-9)5-3-7;8-7-3-1-6(5-9)2-4-7/h2-5,9H,6H2,1H3;1-4,9H,5,8H2. The molecule has 0 amide bonds. The van der Waals surface area contributed by atoms with Crippen LogP contribution in [0.5, 0.6) is 0 Å². The zero-order valence-corrected chi connectivity index (χ0v) is 10.5. The van der Waals surface area contributed by atoms with Gasteiger partial charge in [-0.1, -0.05) is 42.0 Å². The largest absolute Gasteiger partial charge is 0.399 e. The van der Waals surface area contributed by atoms with Gasteiger partial charge in [-0.25, -0.2) is 0 Å². The van der Waals surface area contributed by atoms with Crippen LogP contribution in [0.4, 0.5) is 5.69 Å². The Morgan fingerprint density at radius 2 is 1.17 bits per heavy atom. The van der Waals surface area contributed by atoms with Gasteiger partial charge in [0, 0.05) is 5.69 Å². The normalized spacial score (nSPS) is 9.50. The van der Waals surface area contributed by atoms with E-state index in [0.717, 1.165) is 16.8 Å². The molecule has 0 heterocycles. The van der Waals surface area contributed by atoms with E-state index in [2.05, 4.69) is 0 Å². The van der Waals surface area contributed by atoms with E-state index in [4.69, 9.17) is 15.9 Å². The highest BCUT2D eigenvalue weighted by Gasteiger charge is 1.86. The monoisotopic (exact) mass is 245 g/mol. The molecule has 2 aromatic carbocycles. The maximum Gasteiger partial charge on any atom is 0.0681 e. The van der Waals surface area contributed by atoms with Gasteiger partial charge in [-0.3, -0.25) is 0 Å². The number of anilines is 1. The highest BCUT2D eigenvalue weighted by molar-refractivity contribution is 5.38. The molecule has 4 N–H and O–H groups in total. The third-order valence-corrected chi connectivity index (χ3v) is 2.47. The third-order valence-electron chi connectivity index (χ3n) is 2.47. The average molecular weight is 245 g/mol. The topological polar surface area (TPSA) is 66.5 Å². The molecule has 3 heteroatoms. The molecule has 0 bridgehead atoms. The summed E-state index contributed by atoms with van der Waals surface area (Å²) in [7, 11) is 0. The lowest BCUT2D eigenvalue weighted by atomic mass is 10.2. The summed E-state index contributed by atoms with van der Waals surface area (Å²) in [6, 6.07) is 15.0. The van der Waals surface area contributed by atoms with Gasteiger partial charge < -0.3 is 15.9 Å². The molecule has 18 heavy (non-hydrogen) atoms. The van der Waals surface area contributed by atoms with Gasteiger partial charge >= 0.3 is 0 Å². The molecule has 0 unspecified atom stereocenters. The molecule has 2 rings (SSSR count). The van der Waals surface area contributed by atoms with Gasteiger partial charge in [0.05, 0.1) is 13.2 Å². The second-order valence-corrected chi connectivity index (χ2v) is 4.04. The third kappa shape index (κ3) is 4.99. The number of nitrogens with two attached hydrogens (primary N) is 1. The highest BCUT2D eigenvalue weighted by Crippen LogP contribution is 2.04. The molecule has 0 radical (unpaired) electrons. The van der Waals surface area contributed by atoms with E-state index in [1.54, 1.807) is 24.3 Å². The van der Waals surface area contributed by atoms with Crippen LogP contribution >= 0.6 is 0 Å². The first kappa shape index (κ1) is 14.2. The number of rotatable bonds is 2. The summed E-state index contributed by atoms with van der Waals surface area (Å²) >= 11 is 0. The van der Waals surface area contributed by atoms with Gasteiger partial charge in [0.1, 0.15) is 0 Å². The Morgan fingerprint density at radius 1 is 0.778 bits per heavy atom. The summed E-state index contributed by atoms with van der Waals surface area (Å²) < 4.78 is 0. The Labute approximate surface area is 108 Å². The molecular formula is C15H19NO2. The molecule has 0 saturated heterocycles. The van der Waals surface area contributed by atoms with E-state index in [9.17, 15) is 0 Å². The average Bonchev–Trinajstić information content (AvgIpc) is 2.41. The van der Waals surface area contributed by atoms with Crippen molar-refractivity contribution in [2.24, 2.45) is 0 Å². The summed E-state index contributed by atoms with van der Waals surface area (Å²) in [6.45, 7) is 2.25. The first-order valence-electron chi connectivity index (χ1n) is 5.77. The first-order valence-corrected chi connectivity index (χ1v) is 5.77. The van der Waals surface area contributed by atoms with Gasteiger partial charge in [0.2, 0.25) is 0 Å². The zero-order valence-electron chi connectivity index (χ0n) is 10.5. The lowest BCUT2D eigenvalue weighted by molar-refractivity contribution is 0.281. The number of hydrogen-bond acceptors (Lipinski definition) is 3. The molecule has 0 spiro atoms. The molecule has 0 saturated carbocycles. The van der Waals surface area contributed by atoms with E-state index in [1.807, 2.05) is 31.2 Å². The lowest BCUT2D eigenvalue weighted by Crippen LogP contribution is -1.85. The number of nitrogen functional groups attached to an aromatic ring is 1. The van der Waals surface area contributed by atoms with Crippen LogP contribution in [-0.4, -0.2) is 10.2 Å². The van der Waals surface area contributed by atoms with Crippen LogP contribution in [0.2, 0.25) is 0 Å². The minimum Gasteiger partial charge on any atom is -0.399 e. The summed E-state index contributed by atoms with van der Waals surface area (Å²) in [5.74, 6) is 0. The van der Waals surface area contributed by atoms with E-state index >= 15 is 0 Å². The van der Waals surface area contributed by atoms with Crippen molar-refractivity contribution < 1.29 is 10.2 Å². The van der Waals surface area contributed by atoms with Gasteiger partial charge in [-0.15, -0.1) is 0 Å². The number of aliphatic hydroxyl groups excluding tert-OH is 2. The summed E-state index contributed by atoms with van der Waals surface area (Å²) in [5, 5.41) is 17.2. The molecule has 0 aliphatic heterocycles. The number of benzene rings is 2. The molecule has 2 aromatic rings. The van der Waals surface area contributed by atoms with Crippen molar-refractivity contribution in [2.45, 2.75) is 20.1 Å². The van der Waals surface area contributed by atoms with Crippen LogP contribution in [0.15, 0.2) is 48.5 Å². The summed E-state index contributed by atoms with van der Waals surface area (Å²) in [5.41, 5.74) is 9.22. The van der Waals surface area contributed by atoms with Gasteiger partial charge in [-0.2, -0.15) is 0 Å². The minimum absolute atomic E-state index is 0.0836. The quantitative estimate of drug-likeness (QED) is 0.711. The fourth-order valence-corrected chi connectivity index (χ4v) is 1.32. The summed E-state index contributed by atoms with van der Waals surface area (Å²) in [6.07, 6.45) is 0. The van der Waals surface area contributed by atoms with Crippen molar-refractivity contribution in [3.63, 3.8) is 0 Å². The smallest absolute Gasteiger partial charge is 0.0681 e. The zero-order chi connectivity index (χ0) is 13.4.